The molecular weight excluding hydrogens is 268 g/mol. The van der Waals surface area contributed by atoms with Gasteiger partial charge < -0.3 is 10.5 Å². The summed E-state index contributed by atoms with van der Waals surface area (Å²) < 4.78 is 33.3. The van der Waals surface area contributed by atoms with E-state index in [0.717, 1.165) is 19.3 Å². The molecule has 2 aliphatic rings. The minimum atomic E-state index is -3.60. The number of nitrogens with zero attached hydrogens (tertiary/aromatic N) is 1. The van der Waals surface area contributed by atoms with Gasteiger partial charge in [-0.15, -0.1) is 0 Å². The first kappa shape index (κ1) is 13.0. The quantitative estimate of drug-likeness (QED) is 0.708. The lowest BCUT2D eigenvalue weighted by Crippen LogP contribution is -2.41. The van der Waals surface area contributed by atoms with E-state index >= 15 is 0 Å². The third-order valence-electron chi connectivity index (χ3n) is 3.84. The smallest absolute Gasteiger partial charge is 0.244 e. The van der Waals surface area contributed by atoms with E-state index < -0.39 is 10.0 Å². The molecule has 0 spiro atoms. The number of nitrogens with two attached hydrogens (primary N) is 1. The zero-order valence-electron chi connectivity index (χ0n) is 10.7. The average Bonchev–Trinajstić information content (AvgIpc) is 3.02. The highest BCUT2D eigenvalue weighted by Crippen LogP contribution is 2.35. The molecule has 106 valence electrons. The summed E-state index contributed by atoms with van der Waals surface area (Å²) in [4.78, 5) is 0.178. The van der Waals surface area contributed by atoms with Gasteiger partial charge in [-0.2, -0.15) is 5.10 Å². The van der Waals surface area contributed by atoms with Crippen LogP contribution in [0.25, 0.3) is 0 Å². The molecule has 0 saturated carbocycles. The SMILES string of the molecule is Cc1[nH]nc(CN)c1S(=O)(=O)NC1CC2CCC1O2. The molecule has 4 N–H and O–H groups in total. The van der Waals surface area contributed by atoms with E-state index in [2.05, 4.69) is 14.9 Å². The molecule has 3 unspecified atom stereocenters. The fourth-order valence-corrected chi connectivity index (χ4v) is 4.64. The highest BCUT2D eigenvalue weighted by atomic mass is 32.2. The monoisotopic (exact) mass is 286 g/mol. The van der Waals surface area contributed by atoms with E-state index in [1.54, 1.807) is 6.92 Å². The fourth-order valence-electron chi connectivity index (χ4n) is 2.98. The van der Waals surface area contributed by atoms with Crippen LogP contribution in [-0.4, -0.2) is 36.9 Å². The predicted octanol–water partition coefficient (Wildman–Crippen LogP) is -0.225. The van der Waals surface area contributed by atoms with Gasteiger partial charge in [0.2, 0.25) is 10.0 Å². The molecule has 7 nitrogen and oxygen atoms in total. The van der Waals surface area contributed by atoms with Crippen molar-refractivity contribution < 1.29 is 13.2 Å². The second-order valence-electron chi connectivity index (χ2n) is 5.17. The van der Waals surface area contributed by atoms with E-state index in [-0.39, 0.29) is 29.7 Å². The minimum Gasteiger partial charge on any atom is -0.373 e. The summed E-state index contributed by atoms with van der Waals surface area (Å²) in [6.45, 7) is 1.77. The lowest BCUT2D eigenvalue weighted by Gasteiger charge is -2.20. The largest absolute Gasteiger partial charge is 0.373 e. The number of hydrogen-bond acceptors (Lipinski definition) is 5. The van der Waals surface area contributed by atoms with Crippen molar-refractivity contribution in [1.82, 2.24) is 14.9 Å². The van der Waals surface area contributed by atoms with Gasteiger partial charge in [-0.05, 0) is 26.2 Å². The molecule has 19 heavy (non-hydrogen) atoms. The van der Waals surface area contributed by atoms with Crippen LogP contribution in [0.1, 0.15) is 30.7 Å². The number of hydrogen-bond donors (Lipinski definition) is 3. The van der Waals surface area contributed by atoms with Crippen LogP contribution in [-0.2, 0) is 21.3 Å². The number of sulfonamides is 1. The molecule has 2 aliphatic heterocycles. The summed E-state index contributed by atoms with van der Waals surface area (Å²) in [5.41, 5.74) is 6.41. The van der Waals surface area contributed by atoms with Crippen LogP contribution in [0.5, 0.6) is 0 Å². The maximum atomic E-state index is 12.4. The number of rotatable bonds is 4. The molecule has 3 rings (SSSR count). The van der Waals surface area contributed by atoms with Gasteiger partial charge in [-0.1, -0.05) is 0 Å². The molecule has 0 aromatic carbocycles. The Balaban J connectivity index is 1.85. The van der Waals surface area contributed by atoms with Gasteiger partial charge in [-0.3, -0.25) is 5.10 Å². The van der Waals surface area contributed by atoms with Crippen LogP contribution < -0.4 is 10.5 Å². The maximum Gasteiger partial charge on any atom is 0.244 e. The predicted molar refractivity (Wildman–Crippen MR) is 67.8 cm³/mol. The topological polar surface area (TPSA) is 110 Å². The molecular formula is C11H18N4O3S. The highest BCUT2D eigenvalue weighted by molar-refractivity contribution is 7.89. The van der Waals surface area contributed by atoms with E-state index in [1.807, 2.05) is 0 Å². The van der Waals surface area contributed by atoms with Gasteiger partial charge in [0.05, 0.1) is 29.6 Å². The van der Waals surface area contributed by atoms with Crippen molar-refractivity contribution >= 4 is 10.0 Å². The van der Waals surface area contributed by atoms with Gasteiger partial charge in [0.15, 0.2) is 0 Å². The van der Waals surface area contributed by atoms with Crippen LogP contribution in [0.4, 0.5) is 0 Å². The molecule has 0 aliphatic carbocycles. The average molecular weight is 286 g/mol. The molecule has 3 heterocycles. The molecule has 2 bridgehead atoms. The van der Waals surface area contributed by atoms with Crippen LogP contribution in [0.3, 0.4) is 0 Å². The number of H-pyrrole nitrogens is 1. The Morgan fingerprint density at radius 3 is 2.89 bits per heavy atom. The van der Waals surface area contributed by atoms with Crippen LogP contribution in [0.15, 0.2) is 4.90 Å². The number of ether oxygens (including phenoxy) is 1. The number of fused-ring (bicyclic) bond motifs is 2. The van der Waals surface area contributed by atoms with Crippen LogP contribution in [0, 0.1) is 6.92 Å². The van der Waals surface area contributed by atoms with Gasteiger partial charge in [0.25, 0.3) is 0 Å². The number of nitrogens with one attached hydrogen (secondary N) is 2. The summed E-state index contributed by atoms with van der Waals surface area (Å²) in [6, 6.07) is -0.135. The minimum absolute atomic E-state index is 0.00769. The number of aromatic nitrogens is 2. The summed E-state index contributed by atoms with van der Waals surface area (Å²) in [6.07, 6.45) is 2.91. The standard InChI is InChI=1S/C11H18N4O3S/c1-6-11(9(5-12)14-13-6)19(16,17)15-8-4-7-2-3-10(8)18-7/h7-8,10,15H,2-5,12H2,1H3,(H,13,14). The van der Waals surface area contributed by atoms with E-state index in [9.17, 15) is 8.42 Å². The van der Waals surface area contributed by atoms with Gasteiger partial charge in [0, 0.05) is 6.54 Å². The third kappa shape index (κ3) is 2.18. The normalized spacial score (nSPS) is 30.1. The molecule has 2 saturated heterocycles. The first-order valence-corrected chi connectivity index (χ1v) is 7.91. The van der Waals surface area contributed by atoms with Crippen molar-refractivity contribution in [2.24, 2.45) is 5.73 Å². The second-order valence-corrected chi connectivity index (χ2v) is 6.82. The van der Waals surface area contributed by atoms with E-state index in [0.29, 0.717) is 11.4 Å². The molecule has 3 atom stereocenters. The summed E-state index contributed by atoms with van der Waals surface area (Å²) in [5.74, 6) is 0. The molecule has 8 heteroatoms. The van der Waals surface area contributed by atoms with E-state index in [1.165, 1.54) is 0 Å². The molecule has 0 radical (unpaired) electrons. The van der Waals surface area contributed by atoms with Crippen molar-refractivity contribution in [2.45, 2.75) is 55.9 Å². The molecule has 0 amide bonds. The zero-order valence-corrected chi connectivity index (χ0v) is 11.5. The first-order chi connectivity index (χ1) is 9.01. The van der Waals surface area contributed by atoms with Crippen molar-refractivity contribution in [1.29, 1.82) is 0 Å². The van der Waals surface area contributed by atoms with Crippen LogP contribution in [0.2, 0.25) is 0 Å². The molecule has 1 aromatic rings. The highest BCUT2D eigenvalue weighted by Gasteiger charge is 2.43. The molecule has 2 fully saturated rings. The van der Waals surface area contributed by atoms with Gasteiger partial charge in [0.1, 0.15) is 4.90 Å². The van der Waals surface area contributed by atoms with Crippen molar-refractivity contribution in [3.05, 3.63) is 11.4 Å². The summed E-state index contributed by atoms with van der Waals surface area (Å²) in [5, 5.41) is 6.60. The second kappa shape index (κ2) is 4.55. The summed E-state index contributed by atoms with van der Waals surface area (Å²) >= 11 is 0. The van der Waals surface area contributed by atoms with Crippen molar-refractivity contribution in [3.8, 4) is 0 Å². The van der Waals surface area contributed by atoms with Gasteiger partial charge in [-0.25, -0.2) is 13.1 Å². The van der Waals surface area contributed by atoms with Crippen molar-refractivity contribution in [3.63, 3.8) is 0 Å². The number of aromatic amines is 1. The molecule has 1 aromatic heterocycles. The lowest BCUT2D eigenvalue weighted by atomic mass is 9.96. The Labute approximate surface area is 112 Å². The fraction of sp³-hybridized carbons (Fsp3) is 0.727. The Morgan fingerprint density at radius 1 is 1.53 bits per heavy atom. The lowest BCUT2D eigenvalue weighted by molar-refractivity contribution is 0.0996. The zero-order chi connectivity index (χ0) is 13.6. The number of aryl methyl sites for hydroxylation is 1. The Kier molecular flexibility index (Phi) is 3.12. The first-order valence-electron chi connectivity index (χ1n) is 6.43. The third-order valence-corrected chi connectivity index (χ3v) is 5.53. The van der Waals surface area contributed by atoms with E-state index in [4.69, 9.17) is 10.5 Å². The Hall–Kier alpha value is -0.960. The van der Waals surface area contributed by atoms with Crippen LogP contribution >= 0.6 is 0 Å². The van der Waals surface area contributed by atoms with Crippen molar-refractivity contribution in [2.75, 3.05) is 0 Å². The maximum absolute atomic E-state index is 12.4. The summed E-state index contributed by atoms with van der Waals surface area (Å²) in [7, 11) is -3.60. The van der Waals surface area contributed by atoms with Gasteiger partial charge >= 0.3 is 0 Å². The Morgan fingerprint density at radius 2 is 2.32 bits per heavy atom. The Bertz CT molecular complexity index is 583.